The van der Waals surface area contributed by atoms with Gasteiger partial charge in [-0.3, -0.25) is 4.79 Å². The standard InChI is InChI=1S/C23H32N4O2S/c1-26-11-6-20(7-12-26)27-13-8-21(9-14-27)29-22-4-2-3-18(15-22)23(28)24-10-5-19-16-30-17-25-19/h2-4,15-17,20-21H,5-14H2,1H3,(H,24,28). The predicted octanol–water partition coefficient (Wildman–Crippen LogP) is 3.05. The van der Waals surface area contributed by atoms with Crippen molar-refractivity contribution in [1.29, 1.82) is 0 Å². The number of nitrogens with zero attached hydrogens (tertiary/aromatic N) is 3. The van der Waals surface area contributed by atoms with Gasteiger partial charge >= 0.3 is 0 Å². The van der Waals surface area contributed by atoms with Crippen molar-refractivity contribution in [2.45, 2.75) is 44.2 Å². The fraction of sp³-hybridized carbons (Fsp3) is 0.565. The summed E-state index contributed by atoms with van der Waals surface area (Å²) in [6, 6.07) is 8.29. The molecule has 0 atom stereocenters. The summed E-state index contributed by atoms with van der Waals surface area (Å²) in [5.41, 5.74) is 3.48. The molecular weight excluding hydrogens is 396 g/mol. The second kappa shape index (κ2) is 10.4. The summed E-state index contributed by atoms with van der Waals surface area (Å²) in [4.78, 5) is 21.8. The van der Waals surface area contributed by atoms with Crippen LogP contribution in [0, 0.1) is 0 Å². The number of rotatable bonds is 7. The van der Waals surface area contributed by atoms with Crippen molar-refractivity contribution in [2.75, 3.05) is 39.8 Å². The Morgan fingerprint density at radius 1 is 1.20 bits per heavy atom. The van der Waals surface area contributed by atoms with E-state index < -0.39 is 0 Å². The van der Waals surface area contributed by atoms with Gasteiger partial charge in [-0.2, -0.15) is 0 Å². The molecule has 2 fully saturated rings. The highest BCUT2D eigenvalue weighted by Crippen LogP contribution is 2.24. The van der Waals surface area contributed by atoms with Gasteiger partial charge in [-0.25, -0.2) is 4.98 Å². The van der Waals surface area contributed by atoms with E-state index in [1.165, 1.54) is 25.9 Å². The highest BCUT2D eigenvalue weighted by molar-refractivity contribution is 7.07. The molecule has 3 heterocycles. The number of benzene rings is 1. The molecule has 0 saturated carbocycles. The van der Waals surface area contributed by atoms with E-state index in [9.17, 15) is 4.79 Å². The van der Waals surface area contributed by atoms with Crippen LogP contribution >= 0.6 is 11.3 Å². The van der Waals surface area contributed by atoms with E-state index in [4.69, 9.17) is 4.74 Å². The normalized spacial score (nSPS) is 19.6. The third-order valence-electron chi connectivity index (χ3n) is 6.23. The number of thiazole rings is 1. The van der Waals surface area contributed by atoms with Crippen LogP contribution in [-0.2, 0) is 6.42 Å². The van der Waals surface area contributed by atoms with Crippen LogP contribution < -0.4 is 10.1 Å². The van der Waals surface area contributed by atoms with E-state index in [1.54, 1.807) is 11.3 Å². The highest BCUT2D eigenvalue weighted by Gasteiger charge is 2.28. The molecule has 162 valence electrons. The minimum Gasteiger partial charge on any atom is -0.490 e. The van der Waals surface area contributed by atoms with Crippen LogP contribution in [0.3, 0.4) is 0 Å². The van der Waals surface area contributed by atoms with Crippen molar-refractivity contribution in [2.24, 2.45) is 0 Å². The van der Waals surface area contributed by atoms with Gasteiger partial charge < -0.3 is 19.9 Å². The van der Waals surface area contributed by atoms with Crippen molar-refractivity contribution in [3.8, 4) is 5.75 Å². The summed E-state index contributed by atoms with van der Waals surface area (Å²) < 4.78 is 6.24. The number of piperidine rings is 2. The van der Waals surface area contributed by atoms with Crippen LogP contribution in [0.15, 0.2) is 35.2 Å². The summed E-state index contributed by atoms with van der Waals surface area (Å²) in [7, 11) is 2.21. The summed E-state index contributed by atoms with van der Waals surface area (Å²) in [5.74, 6) is 0.729. The molecule has 4 rings (SSSR count). The van der Waals surface area contributed by atoms with E-state index in [-0.39, 0.29) is 12.0 Å². The number of nitrogens with one attached hydrogen (secondary N) is 1. The SMILES string of the molecule is CN1CCC(N2CCC(Oc3cccc(C(=O)NCCc4cscn4)c3)CC2)CC1. The van der Waals surface area contributed by atoms with Gasteiger partial charge in [-0.15, -0.1) is 11.3 Å². The Morgan fingerprint density at radius 3 is 2.73 bits per heavy atom. The average Bonchev–Trinajstić information content (AvgIpc) is 3.29. The zero-order valence-electron chi connectivity index (χ0n) is 17.8. The van der Waals surface area contributed by atoms with Gasteiger partial charge in [-0.05, 0) is 64.0 Å². The zero-order valence-corrected chi connectivity index (χ0v) is 18.6. The van der Waals surface area contributed by atoms with Gasteiger partial charge in [0.15, 0.2) is 0 Å². The largest absolute Gasteiger partial charge is 0.490 e. The summed E-state index contributed by atoms with van der Waals surface area (Å²) in [6.07, 6.45) is 5.65. The number of aromatic nitrogens is 1. The molecule has 0 spiro atoms. The van der Waals surface area contributed by atoms with Crippen molar-refractivity contribution < 1.29 is 9.53 Å². The molecule has 1 aromatic heterocycles. The van der Waals surface area contributed by atoms with Crippen molar-refractivity contribution in [3.05, 3.63) is 46.4 Å². The Hall–Kier alpha value is -1.96. The number of amides is 1. The van der Waals surface area contributed by atoms with Crippen molar-refractivity contribution in [1.82, 2.24) is 20.1 Å². The van der Waals surface area contributed by atoms with Gasteiger partial charge in [0.25, 0.3) is 5.91 Å². The minimum atomic E-state index is -0.0623. The lowest BCUT2D eigenvalue weighted by Crippen LogP contribution is -2.48. The van der Waals surface area contributed by atoms with E-state index in [0.717, 1.165) is 49.8 Å². The fourth-order valence-corrected chi connectivity index (χ4v) is 4.98. The van der Waals surface area contributed by atoms with Crippen molar-refractivity contribution in [3.63, 3.8) is 0 Å². The minimum absolute atomic E-state index is 0.0623. The molecule has 0 bridgehead atoms. The number of ether oxygens (including phenoxy) is 1. The van der Waals surface area contributed by atoms with Gasteiger partial charge in [0, 0.05) is 43.0 Å². The first-order chi connectivity index (χ1) is 14.7. The van der Waals surface area contributed by atoms with Crippen LogP contribution in [0.4, 0.5) is 0 Å². The number of hydrogen-bond acceptors (Lipinski definition) is 6. The van der Waals surface area contributed by atoms with E-state index in [2.05, 4.69) is 27.1 Å². The summed E-state index contributed by atoms with van der Waals surface area (Å²) in [6.45, 7) is 5.22. The summed E-state index contributed by atoms with van der Waals surface area (Å²) in [5, 5.41) is 4.99. The molecule has 0 radical (unpaired) electrons. The van der Waals surface area contributed by atoms with Gasteiger partial charge in [0.1, 0.15) is 11.9 Å². The maximum atomic E-state index is 12.5. The monoisotopic (exact) mass is 428 g/mol. The van der Waals surface area contributed by atoms with Crippen LogP contribution in [-0.4, -0.2) is 72.6 Å². The first-order valence-corrected chi connectivity index (χ1v) is 12.0. The second-order valence-electron chi connectivity index (χ2n) is 8.40. The molecule has 30 heavy (non-hydrogen) atoms. The fourth-order valence-electron chi connectivity index (χ4n) is 4.39. The Kier molecular flexibility index (Phi) is 7.36. The third-order valence-corrected chi connectivity index (χ3v) is 6.87. The maximum Gasteiger partial charge on any atom is 0.251 e. The molecule has 2 aliphatic heterocycles. The number of carbonyl (C=O) groups is 1. The molecule has 2 saturated heterocycles. The topological polar surface area (TPSA) is 57.7 Å². The number of likely N-dealkylation sites (tertiary alicyclic amines) is 2. The van der Waals surface area contributed by atoms with Crippen LogP contribution in [0.25, 0.3) is 0 Å². The zero-order chi connectivity index (χ0) is 20.8. The van der Waals surface area contributed by atoms with Crippen molar-refractivity contribution >= 4 is 17.2 Å². The molecule has 7 heteroatoms. The quantitative estimate of drug-likeness (QED) is 0.735. The molecule has 2 aliphatic rings. The van der Waals surface area contributed by atoms with Gasteiger partial charge in [0.05, 0.1) is 11.2 Å². The summed E-state index contributed by atoms with van der Waals surface area (Å²) >= 11 is 1.58. The van der Waals surface area contributed by atoms with E-state index in [0.29, 0.717) is 12.1 Å². The highest BCUT2D eigenvalue weighted by atomic mass is 32.1. The Labute approximate surface area is 183 Å². The lowest BCUT2D eigenvalue weighted by Gasteiger charge is -2.41. The third kappa shape index (κ3) is 5.80. The van der Waals surface area contributed by atoms with Gasteiger partial charge in [-0.1, -0.05) is 6.07 Å². The lowest BCUT2D eigenvalue weighted by molar-refractivity contribution is 0.0525. The molecule has 1 N–H and O–H groups in total. The van der Waals surface area contributed by atoms with E-state index >= 15 is 0 Å². The number of hydrogen-bond donors (Lipinski definition) is 1. The average molecular weight is 429 g/mol. The molecule has 6 nitrogen and oxygen atoms in total. The Bertz CT molecular complexity index is 797. The van der Waals surface area contributed by atoms with Crippen LogP contribution in [0.1, 0.15) is 41.7 Å². The van der Waals surface area contributed by atoms with Crippen LogP contribution in [0.5, 0.6) is 5.75 Å². The first-order valence-electron chi connectivity index (χ1n) is 11.0. The van der Waals surface area contributed by atoms with Crippen LogP contribution in [0.2, 0.25) is 0 Å². The smallest absolute Gasteiger partial charge is 0.251 e. The predicted molar refractivity (Wildman–Crippen MR) is 120 cm³/mol. The Balaban J connectivity index is 1.23. The Morgan fingerprint density at radius 2 is 2.00 bits per heavy atom. The molecule has 2 aromatic rings. The van der Waals surface area contributed by atoms with Gasteiger partial charge in [0.2, 0.25) is 0 Å². The molecular formula is C23H32N4O2S. The number of carbonyl (C=O) groups excluding carboxylic acids is 1. The van der Waals surface area contributed by atoms with E-state index in [1.807, 2.05) is 35.2 Å². The second-order valence-corrected chi connectivity index (χ2v) is 9.12. The first kappa shape index (κ1) is 21.3. The molecule has 1 amide bonds. The molecule has 1 aromatic carbocycles. The maximum absolute atomic E-state index is 12.5. The molecule has 0 unspecified atom stereocenters. The molecule has 0 aliphatic carbocycles. The lowest BCUT2D eigenvalue weighted by atomic mass is 9.99.